The van der Waals surface area contributed by atoms with Crippen LogP contribution in [0.1, 0.15) is 13.3 Å². The fraction of sp³-hybridized carbons (Fsp3) is 0.462. The largest absolute Gasteiger partial charge is 0.467 e. The van der Waals surface area contributed by atoms with E-state index in [0.717, 1.165) is 28.1 Å². The van der Waals surface area contributed by atoms with Gasteiger partial charge in [0.25, 0.3) is 0 Å². The lowest BCUT2D eigenvalue weighted by Gasteiger charge is -2.17. The van der Waals surface area contributed by atoms with Gasteiger partial charge in [-0.1, -0.05) is 22.9 Å². The van der Waals surface area contributed by atoms with Gasteiger partial charge in [-0.2, -0.15) is 11.8 Å². The van der Waals surface area contributed by atoms with Crippen LogP contribution in [0.15, 0.2) is 28.7 Å². The molecule has 0 fully saturated rings. The molecule has 0 spiro atoms. The minimum Gasteiger partial charge on any atom is -0.467 e. The second-order valence-electron chi connectivity index (χ2n) is 3.71. The number of nitrogens with one attached hydrogen (secondary N) is 1. The number of ether oxygens (including phenoxy) is 1. The molecule has 100 valence electrons. The molecule has 0 aliphatic carbocycles. The van der Waals surface area contributed by atoms with E-state index < -0.39 is 0 Å². The Kier molecular flexibility index (Phi) is 7.20. The number of hydrogen-bond acceptors (Lipinski definition) is 4. The predicted molar refractivity (Wildman–Crippen MR) is 81.2 cm³/mol. The molecular formula is C13H18BrNO2S. The molecule has 5 heteroatoms. The number of carbonyl (C=O) groups excluding carboxylic acids is 1. The molecule has 1 rings (SSSR count). The fourth-order valence-electron chi connectivity index (χ4n) is 1.48. The molecule has 0 heterocycles. The van der Waals surface area contributed by atoms with Crippen molar-refractivity contribution in [3.05, 3.63) is 28.7 Å². The Hall–Kier alpha value is -0.680. The monoisotopic (exact) mass is 331 g/mol. The van der Waals surface area contributed by atoms with Crippen LogP contribution in [-0.4, -0.2) is 30.6 Å². The topological polar surface area (TPSA) is 38.3 Å². The van der Waals surface area contributed by atoms with Crippen LogP contribution in [0.25, 0.3) is 0 Å². The van der Waals surface area contributed by atoms with E-state index in [1.807, 2.05) is 36.0 Å². The summed E-state index contributed by atoms with van der Waals surface area (Å²) in [6, 6.07) is 7.48. The van der Waals surface area contributed by atoms with E-state index in [1.54, 1.807) is 0 Å². The normalized spacial score (nSPS) is 11.9. The summed E-state index contributed by atoms with van der Waals surface area (Å²) >= 11 is 5.20. The fourth-order valence-corrected chi connectivity index (χ4v) is 2.44. The second-order valence-corrected chi connectivity index (χ2v) is 6.02. The number of thioether (sulfide) groups is 1. The van der Waals surface area contributed by atoms with Crippen LogP contribution < -0.4 is 5.32 Å². The summed E-state index contributed by atoms with van der Waals surface area (Å²) in [5, 5.41) is 3.21. The molecule has 1 unspecified atom stereocenters. The first-order chi connectivity index (χ1) is 8.67. The molecule has 18 heavy (non-hydrogen) atoms. The SMILES string of the molecule is CCSCCC(Nc1ccc(Br)cc1)C(=O)OC. The summed E-state index contributed by atoms with van der Waals surface area (Å²) in [6.07, 6.45) is 0.765. The summed E-state index contributed by atoms with van der Waals surface area (Å²) in [7, 11) is 1.42. The van der Waals surface area contributed by atoms with Gasteiger partial charge in [0.1, 0.15) is 6.04 Å². The van der Waals surface area contributed by atoms with Crippen LogP contribution in [0.4, 0.5) is 5.69 Å². The highest BCUT2D eigenvalue weighted by molar-refractivity contribution is 9.10. The third kappa shape index (κ3) is 5.31. The van der Waals surface area contributed by atoms with Crippen LogP contribution in [-0.2, 0) is 9.53 Å². The second kappa shape index (κ2) is 8.43. The maximum absolute atomic E-state index is 11.7. The molecule has 0 saturated carbocycles. The Morgan fingerprint density at radius 2 is 2.11 bits per heavy atom. The van der Waals surface area contributed by atoms with E-state index in [1.165, 1.54) is 7.11 Å². The van der Waals surface area contributed by atoms with Crippen LogP contribution in [0, 0.1) is 0 Å². The van der Waals surface area contributed by atoms with Gasteiger partial charge in [0.2, 0.25) is 0 Å². The molecular weight excluding hydrogens is 314 g/mol. The molecule has 0 aliphatic rings. The van der Waals surface area contributed by atoms with Crippen molar-refractivity contribution in [1.29, 1.82) is 0 Å². The van der Waals surface area contributed by atoms with E-state index >= 15 is 0 Å². The zero-order valence-corrected chi connectivity index (χ0v) is 13.0. The summed E-state index contributed by atoms with van der Waals surface area (Å²) in [5.41, 5.74) is 0.926. The Morgan fingerprint density at radius 3 is 2.67 bits per heavy atom. The molecule has 0 aromatic heterocycles. The van der Waals surface area contributed by atoms with Gasteiger partial charge in [0.15, 0.2) is 0 Å². The van der Waals surface area contributed by atoms with Gasteiger partial charge in [-0.25, -0.2) is 4.79 Å². The molecule has 1 atom stereocenters. The number of benzene rings is 1. The quantitative estimate of drug-likeness (QED) is 0.612. The van der Waals surface area contributed by atoms with Crippen molar-refractivity contribution in [2.45, 2.75) is 19.4 Å². The van der Waals surface area contributed by atoms with Crippen LogP contribution in [0.3, 0.4) is 0 Å². The molecule has 0 saturated heterocycles. The molecule has 3 nitrogen and oxygen atoms in total. The van der Waals surface area contributed by atoms with Crippen molar-refractivity contribution in [1.82, 2.24) is 0 Å². The predicted octanol–water partition coefficient (Wildman–Crippen LogP) is 3.55. The molecule has 1 N–H and O–H groups in total. The minimum atomic E-state index is -0.282. The van der Waals surface area contributed by atoms with Crippen molar-refractivity contribution in [2.75, 3.05) is 23.9 Å². The first-order valence-electron chi connectivity index (χ1n) is 5.85. The van der Waals surface area contributed by atoms with Crippen molar-refractivity contribution in [3.8, 4) is 0 Å². The van der Waals surface area contributed by atoms with Gasteiger partial charge < -0.3 is 10.1 Å². The lowest BCUT2D eigenvalue weighted by Crippen LogP contribution is -2.31. The number of anilines is 1. The van der Waals surface area contributed by atoms with Gasteiger partial charge in [0, 0.05) is 10.2 Å². The van der Waals surface area contributed by atoms with Gasteiger partial charge in [-0.3, -0.25) is 0 Å². The van der Waals surface area contributed by atoms with Crippen LogP contribution >= 0.6 is 27.7 Å². The Morgan fingerprint density at radius 1 is 1.44 bits per heavy atom. The number of methoxy groups -OCH3 is 1. The zero-order valence-electron chi connectivity index (χ0n) is 10.6. The Balaban J connectivity index is 2.59. The number of esters is 1. The number of halogens is 1. The Labute approximate surface area is 121 Å². The summed E-state index contributed by atoms with van der Waals surface area (Å²) in [6.45, 7) is 2.11. The molecule has 1 aromatic rings. The van der Waals surface area contributed by atoms with Crippen molar-refractivity contribution >= 4 is 39.3 Å². The Bertz CT molecular complexity index is 370. The molecule has 1 aromatic carbocycles. The first kappa shape index (κ1) is 15.4. The summed E-state index contributed by atoms with van der Waals surface area (Å²) in [5.74, 6) is 1.79. The van der Waals surface area contributed by atoms with Gasteiger partial charge in [-0.05, 0) is 42.2 Å². The van der Waals surface area contributed by atoms with E-state index in [-0.39, 0.29) is 12.0 Å². The minimum absolute atomic E-state index is 0.213. The maximum atomic E-state index is 11.7. The smallest absolute Gasteiger partial charge is 0.328 e. The van der Waals surface area contributed by atoms with E-state index in [9.17, 15) is 4.79 Å². The van der Waals surface area contributed by atoms with Crippen LogP contribution in [0.2, 0.25) is 0 Å². The third-order valence-electron chi connectivity index (χ3n) is 2.43. The van der Waals surface area contributed by atoms with E-state index in [2.05, 4.69) is 28.2 Å². The number of carbonyl (C=O) groups is 1. The molecule has 0 bridgehead atoms. The van der Waals surface area contributed by atoms with Gasteiger partial charge in [-0.15, -0.1) is 0 Å². The highest BCUT2D eigenvalue weighted by atomic mass is 79.9. The average Bonchev–Trinajstić information content (AvgIpc) is 2.39. The van der Waals surface area contributed by atoms with E-state index in [0.29, 0.717) is 0 Å². The lowest BCUT2D eigenvalue weighted by atomic mass is 10.2. The number of rotatable bonds is 7. The van der Waals surface area contributed by atoms with Crippen molar-refractivity contribution in [3.63, 3.8) is 0 Å². The number of hydrogen-bond donors (Lipinski definition) is 1. The molecule has 0 radical (unpaired) electrons. The zero-order chi connectivity index (χ0) is 13.4. The summed E-state index contributed by atoms with van der Waals surface area (Å²) < 4.78 is 5.84. The van der Waals surface area contributed by atoms with Gasteiger partial charge in [0.05, 0.1) is 7.11 Å². The van der Waals surface area contributed by atoms with Gasteiger partial charge >= 0.3 is 5.97 Å². The van der Waals surface area contributed by atoms with Crippen molar-refractivity contribution in [2.24, 2.45) is 0 Å². The van der Waals surface area contributed by atoms with Crippen molar-refractivity contribution < 1.29 is 9.53 Å². The lowest BCUT2D eigenvalue weighted by molar-refractivity contribution is -0.141. The first-order valence-corrected chi connectivity index (χ1v) is 7.79. The van der Waals surface area contributed by atoms with Crippen LogP contribution in [0.5, 0.6) is 0 Å². The standard InChI is InChI=1S/C13H18BrNO2S/c1-3-18-9-8-12(13(16)17-2)15-11-6-4-10(14)5-7-11/h4-7,12,15H,3,8-9H2,1-2H3. The molecule has 0 aliphatic heterocycles. The third-order valence-corrected chi connectivity index (χ3v) is 3.89. The maximum Gasteiger partial charge on any atom is 0.328 e. The highest BCUT2D eigenvalue weighted by Crippen LogP contribution is 2.17. The summed E-state index contributed by atoms with van der Waals surface area (Å²) in [4.78, 5) is 11.7. The molecule has 0 amide bonds. The van der Waals surface area contributed by atoms with E-state index in [4.69, 9.17) is 4.74 Å². The average molecular weight is 332 g/mol. The highest BCUT2D eigenvalue weighted by Gasteiger charge is 2.18.